The molecular formula is C24H23ClF4N4O5. The second-order valence-corrected chi connectivity index (χ2v) is 9.50. The van der Waals surface area contributed by atoms with E-state index in [0.717, 1.165) is 23.6 Å². The van der Waals surface area contributed by atoms with Crippen LogP contribution < -0.4 is 21.4 Å². The zero-order valence-electron chi connectivity index (χ0n) is 20.3. The molecule has 38 heavy (non-hydrogen) atoms. The van der Waals surface area contributed by atoms with Gasteiger partial charge in [-0.3, -0.25) is 9.36 Å². The Hall–Kier alpha value is -3.87. The molecule has 0 bridgehead atoms. The first-order valence-corrected chi connectivity index (χ1v) is 11.5. The van der Waals surface area contributed by atoms with Gasteiger partial charge in [0.1, 0.15) is 0 Å². The number of hydrogen-bond donors (Lipinski definition) is 2. The van der Waals surface area contributed by atoms with E-state index in [-0.39, 0.29) is 18.2 Å². The Morgan fingerprint density at radius 1 is 1.13 bits per heavy atom. The number of anilines is 2. The van der Waals surface area contributed by atoms with Crippen LogP contribution in [0.25, 0.3) is 0 Å². The normalized spacial score (nSPS) is 12.7. The zero-order valence-corrected chi connectivity index (χ0v) is 21.1. The van der Waals surface area contributed by atoms with Gasteiger partial charge in [0, 0.05) is 23.3 Å². The number of nitrogens with zero attached hydrogens (tertiary/aromatic N) is 3. The van der Waals surface area contributed by atoms with Crippen LogP contribution >= 0.6 is 11.6 Å². The van der Waals surface area contributed by atoms with Crippen molar-refractivity contribution in [2.45, 2.75) is 46.1 Å². The van der Waals surface area contributed by atoms with Crippen molar-refractivity contribution in [2.75, 3.05) is 5.32 Å². The lowest BCUT2D eigenvalue weighted by Gasteiger charge is -2.21. The van der Waals surface area contributed by atoms with Gasteiger partial charge in [-0.1, -0.05) is 23.7 Å². The average molecular weight is 559 g/mol. The molecule has 0 aliphatic carbocycles. The van der Waals surface area contributed by atoms with Crippen LogP contribution in [0.2, 0.25) is 5.02 Å². The highest BCUT2D eigenvalue weighted by molar-refractivity contribution is 6.30. The maximum absolute atomic E-state index is 14.5. The maximum Gasteiger partial charge on any atom is 0.425 e. The van der Waals surface area contributed by atoms with Crippen molar-refractivity contribution in [1.29, 1.82) is 0 Å². The fourth-order valence-electron chi connectivity index (χ4n) is 3.20. The molecule has 14 heteroatoms. The van der Waals surface area contributed by atoms with Gasteiger partial charge in [-0.2, -0.15) is 18.2 Å². The van der Waals surface area contributed by atoms with Crippen LogP contribution in [0.4, 0.5) is 29.2 Å². The molecule has 0 saturated carbocycles. The van der Waals surface area contributed by atoms with E-state index < -0.39 is 53.2 Å². The summed E-state index contributed by atoms with van der Waals surface area (Å²) in [5.41, 5.74) is -2.91. The monoisotopic (exact) mass is 558 g/mol. The summed E-state index contributed by atoms with van der Waals surface area (Å²) in [5.74, 6) is -3.34. The highest BCUT2D eigenvalue weighted by atomic mass is 35.5. The van der Waals surface area contributed by atoms with Crippen LogP contribution in [0.1, 0.15) is 26.3 Å². The first-order chi connectivity index (χ1) is 17.6. The summed E-state index contributed by atoms with van der Waals surface area (Å²) in [7, 11) is 0. The van der Waals surface area contributed by atoms with Crippen molar-refractivity contribution < 1.29 is 32.2 Å². The molecule has 0 fully saturated rings. The lowest BCUT2D eigenvalue weighted by Crippen LogP contribution is -2.46. The Balaban J connectivity index is 2.04. The first kappa shape index (κ1) is 28.7. The molecule has 9 nitrogen and oxygen atoms in total. The minimum Gasteiger partial charge on any atom is -0.481 e. The predicted octanol–water partition coefficient (Wildman–Crippen LogP) is 4.43. The number of carbonyl (C=O) groups is 1. The van der Waals surface area contributed by atoms with Crippen LogP contribution in [0, 0.1) is 11.2 Å². The Morgan fingerprint density at radius 2 is 1.76 bits per heavy atom. The number of alkyl halides is 3. The molecule has 1 heterocycles. The van der Waals surface area contributed by atoms with E-state index in [1.54, 1.807) is 24.3 Å². The van der Waals surface area contributed by atoms with Crippen LogP contribution in [-0.4, -0.2) is 37.5 Å². The Bertz CT molecular complexity index is 1450. The van der Waals surface area contributed by atoms with Gasteiger partial charge in [-0.05, 0) is 50.6 Å². The fraction of sp³-hybridized carbons (Fsp3) is 0.333. The van der Waals surface area contributed by atoms with Crippen molar-refractivity contribution in [3.63, 3.8) is 0 Å². The van der Waals surface area contributed by atoms with E-state index in [4.69, 9.17) is 11.6 Å². The lowest BCUT2D eigenvalue weighted by molar-refractivity contribution is -0.189. The highest BCUT2D eigenvalue weighted by Gasteiger charge is 2.38. The lowest BCUT2D eigenvalue weighted by atomic mass is 9.94. The molecule has 1 atom stereocenters. The van der Waals surface area contributed by atoms with Crippen LogP contribution in [-0.2, 0) is 17.9 Å². The van der Waals surface area contributed by atoms with Gasteiger partial charge in [0.05, 0.1) is 12.0 Å². The van der Waals surface area contributed by atoms with Crippen molar-refractivity contribution in [2.24, 2.45) is 5.41 Å². The van der Waals surface area contributed by atoms with Crippen molar-refractivity contribution in [1.82, 2.24) is 14.1 Å². The summed E-state index contributed by atoms with van der Waals surface area (Å²) in [5, 5.41) is 12.5. The summed E-state index contributed by atoms with van der Waals surface area (Å²) in [6, 6.07) is 9.32. The molecule has 0 radical (unpaired) electrons. The summed E-state index contributed by atoms with van der Waals surface area (Å²) in [4.78, 5) is 41.5. The quantitative estimate of drug-likeness (QED) is 0.373. The molecule has 0 aliphatic rings. The molecule has 0 saturated heterocycles. The van der Waals surface area contributed by atoms with E-state index in [0.29, 0.717) is 15.2 Å². The molecule has 0 aliphatic heterocycles. The van der Waals surface area contributed by atoms with Crippen LogP contribution in [0.3, 0.4) is 0 Å². The molecule has 0 spiro atoms. The Kier molecular flexibility index (Phi) is 8.20. The number of aromatic nitrogens is 3. The maximum atomic E-state index is 14.5. The topological polar surface area (TPSA) is 115 Å². The third-order valence-electron chi connectivity index (χ3n) is 5.49. The van der Waals surface area contributed by atoms with Gasteiger partial charge >= 0.3 is 23.5 Å². The number of hydrogen-bond acceptors (Lipinski definition) is 6. The van der Waals surface area contributed by atoms with Crippen LogP contribution in [0.5, 0.6) is 5.75 Å². The van der Waals surface area contributed by atoms with Gasteiger partial charge in [-0.25, -0.2) is 18.5 Å². The molecule has 0 amide bonds. The Labute approximate surface area is 218 Å². The number of nitrogens with one attached hydrogen (secondary N) is 1. The van der Waals surface area contributed by atoms with Crippen molar-refractivity contribution in [3.05, 3.63) is 79.8 Å². The summed E-state index contributed by atoms with van der Waals surface area (Å²) in [6.45, 7) is 2.79. The number of carboxylic acids is 1. The van der Waals surface area contributed by atoms with E-state index in [1.807, 2.05) is 0 Å². The third kappa shape index (κ3) is 6.71. The van der Waals surface area contributed by atoms with E-state index >= 15 is 0 Å². The first-order valence-electron chi connectivity index (χ1n) is 11.1. The number of rotatable bonds is 9. The molecule has 3 rings (SSSR count). The smallest absolute Gasteiger partial charge is 0.425 e. The third-order valence-corrected chi connectivity index (χ3v) is 5.74. The van der Waals surface area contributed by atoms with Crippen molar-refractivity contribution >= 4 is 29.2 Å². The molecule has 2 aromatic carbocycles. The molecular weight excluding hydrogens is 536 g/mol. The zero-order chi connectivity index (χ0) is 28.4. The number of halogens is 5. The largest absolute Gasteiger partial charge is 0.481 e. The molecule has 1 aromatic heterocycles. The number of ether oxygens (including phenoxy) is 1. The van der Waals surface area contributed by atoms with E-state index in [2.05, 4.69) is 15.0 Å². The van der Waals surface area contributed by atoms with Gasteiger partial charge in [0.25, 0.3) is 0 Å². The van der Waals surface area contributed by atoms with Crippen molar-refractivity contribution in [3.8, 4) is 5.75 Å². The second-order valence-electron chi connectivity index (χ2n) is 9.06. The number of aliphatic carboxylic acids is 1. The minimum absolute atomic E-state index is 0.0470. The number of benzene rings is 2. The second kappa shape index (κ2) is 10.9. The van der Waals surface area contributed by atoms with E-state index in [1.165, 1.54) is 19.9 Å². The minimum atomic E-state index is -4.70. The standard InChI is InChI=1S/C24H23ClF4N4O5/c1-13(24(27,28)29)38-18-9-8-16(10-17(18)26)30-20-31-21(36)33(12-23(2,3)19(34)35)22(37)32(20)11-14-4-6-15(25)7-5-14/h4-10,13H,11-12H2,1-3H3,(H,34,35)(H,30,31,36)/t13-/m1/s1. The highest BCUT2D eigenvalue weighted by Crippen LogP contribution is 2.29. The van der Waals surface area contributed by atoms with Gasteiger partial charge in [0.2, 0.25) is 5.95 Å². The number of carboxylic acid groups (broad SMARTS) is 1. The average Bonchev–Trinajstić information content (AvgIpc) is 2.81. The molecule has 3 aromatic rings. The fourth-order valence-corrected chi connectivity index (χ4v) is 3.32. The molecule has 2 N–H and O–H groups in total. The van der Waals surface area contributed by atoms with E-state index in [9.17, 15) is 37.1 Å². The summed E-state index contributed by atoms with van der Waals surface area (Å²) < 4.78 is 59.1. The SMILES string of the molecule is C[C@@H](Oc1ccc(Nc2nc(=O)n(CC(C)(C)C(=O)O)c(=O)n2Cc2ccc(Cl)cc2)cc1F)C(F)(F)F. The van der Waals surface area contributed by atoms with Gasteiger partial charge < -0.3 is 15.2 Å². The van der Waals surface area contributed by atoms with Gasteiger partial charge in [-0.15, -0.1) is 0 Å². The predicted molar refractivity (Wildman–Crippen MR) is 131 cm³/mol. The summed E-state index contributed by atoms with van der Waals surface area (Å²) in [6.07, 6.45) is -6.96. The van der Waals surface area contributed by atoms with Gasteiger partial charge in [0.15, 0.2) is 17.7 Å². The summed E-state index contributed by atoms with van der Waals surface area (Å²) >= 11 is 5.91. The molecule has 0 unspecified atom stereocenters. The molecule has 204 valence electrons. The van der Waals surface area contributed by atoms with Crippen LogP contribution in [0.15, 0.2) is 52.1 Å². The Morgan fingerprint density at radius 3 is 2.32 bits per heavy atom.